The van der Waals surface area contributed by atoms with Gasteiger partial charge in [0.05, 0.1) is 6.10 Å². The molecule has 110 valence electrons. The van der Waals surface area contributed by atoms with Crippen molar-refractivity contribution in [2.45, 2.75) is 33.0 Å². The first-order valence-electron chi connectivity index (χ1n) is 6.29. The number of hydrogen-bond acceptors (Lipinski definition) is 3. The van der Waals surface area contributed by atoms with Crippen molar-refractivity contribution in [2.75, 3.05) is 0 Å². The molecule has 0 spiro atoms. The van der Waals surface area contributed by atoms with Crippen molar-refractivity contribution in [1.82, 2.24) is 0 Å². The minimum Gasteiger partial charge on any atom is -0.462 e. The van der Waals surface area contributed by atoms with Crippen LogP contribution in [0.1, 0.15) is 20.8 Å². The van der Waals surface area contributed by atoms with E-state index in [4.69, 9.17) is 9.84 Å². The van der Waals surface area contributed by atoms with Crippen molar-refractivity contribution in [3.63, 3.8) is 0 Å². The van der Waals surface area contributed by atoms with Gasteiger partial charge in [-0.1, -0.05) is 0 Å². The summed E-state index contributed by atoms with van der Waals surface area (Å²) in [6.07, 6.45) is 14.9. The van der Waals surface area contributed by atoms with E-state index in [-0.39, 0.29) is 35.2 Å². The summed E-state index contributed by atoms with van der Waals surface area (Å²) >= 11 is 0. The summed E-state index contributed by atoms with van der Waals surface area (Å²) in [7, 11) is 0. The second-order valence-electron chi connectivity index (χ2n) is 4.36. The molecule has 3 nitrogen and oxygen atoms in total. The summed E-state index contributed by atoms with van der Waals surface area (Å²) in [5, 5.41) is 8.91. The van der Waals surface area contributed by atoms with Crippen molar-refractivity contribution in [3.8, 4) is 0 Å². The van der Waals surface area contributed by atoms with Gasteiger partial charge in [-0.15, -0.1) is 0 Å². The first kappa shape index (κ1) is 19.9. The van der Waals surface area contributed by atoms with Crippen molar-refractivity contribution in [2.24, 2.45) is 0 Å². The van der Waals surface area contributed by atoms with Gasteiger partial charge in [-0.2, -0.15) is 0 Å². The topological polar surface area (TPSA) is 46.5 Å². The van der Waals surface area contributed by atoms with Crippen LogP contribution in [0.3, 0.4) is 0 Å². The van der Waals surface area contributed by atoms with E-state index in [0.717, 1.165) is 11.8 Å². The molecule has 10 radical (unpaired) electrons. The summed E-state index contributed by atoms with van der Waals surface area (Å²) in [5.74, 6) is 1.80. The van der Waals surface area contributed by atoms with Crippen LogP contribution in [0.5, 0.6) is 0 Å². The van der Waals surface area contributed by atoms with E-state index >= 15 is 0 Å². The monoisotopic (exact) mass is 316 g/mol. The third kappa shape index (κ3) is 7.66. The zero-order chi connectivity index (χ0) is 14.3. The van der Waals surface area contributed by atoms with Crippen LogP contribution in [0.25, 0.3) is 0 Å². The quantitative estimate of drug-likeness (QED) is 0.641. The van der Waals surface area contributed by atoms with Gasteiger partial charge in [0.2, 0.25) is 0 Å². The summed E-state index contributed by atoms with van der Waals surface area (Å²) in [4.78, 5) is 10.5. The molecule has 0 aromatic rings. The molecule has 20 heavy (non-hydrogen) atoms. The fourth-order valence-corrected chi connectivity index (χ4v) is 1.64. The van der Waals surface area contributed by atoms with Crippen LogP contribution in [-0.4, -0.2) is 23.3 Å². The summed E-state index contributed by atoms with van der Waals surface area (Å²) in [5.41, 5.74) is 0. The predicted molar refractivity (Wildman–Crippen MR) is 73.8 cm³/mol. The smallest absolute Gasteiger partial charge is 0.302 e. The number of carbonyl (C=O) groups excluding carboxylic acids is 1. The zero-order valence-electron chi connectivity index (χ0n) is 11.9. The summed E-state index contributed by atoms with van der Waals surface area (Å²) in [6.45, 7) is 5.03. The fourth-order valence-electron chi connectivity index (χ4n) is 1.64. The Labute approximate surface area is 134 Å². The molecule has 2 atom stereocenters. The van der Waals surface area contributed by atoms with Crippen molar-refractivity contribution >= 4 is 5.97 Å². The van der Waals surface area contributed by atoms with Crippen LogP contribution in [0, 0.1) is 63.2 Å². The molecule has 0 aromatic carbocycles. The molecular weight excluding hydrogens is 296 g/mol. The Morgan fingerprint density at radius 2 is 1.40 bits per heavy atom. The van der Waals surface area contributed by atoms with E-state index in [0.29, 0.717) is 0 Å². The Kier molecular flexibility index (Phi) is 10.6. The predicted octanol–water partition coefficient (Wildman–Crippen LogP) is 2.11. The van der Waals surface area contributed by atoms with Crippen LogP contribution in [-0.2, 0) is 26.6 Å². The molecule has 0 amide bonds. The van der Waals surface area contributed by atoms with Gasteiger partial charge in [0.25, 0.3) is 0 Å². The van der Waals surface area contributed by atoms with Gasteiger partial charge >= 0.3 is 5.97 Å². The Bertz CT molecular complexity index is 256. The van der Waals surface area contributed by atoms with Crippen LogP contribution < -0.4 is 0 Å². The number of ether oxygens (including phenoxy) is 1. The van der Waals surface area contributed by atoms with E-state index in [1.807, 2.05) is 58.3 Å². The molecule has 2 rings (SSSR count). The number of aliphatic hydroxyl groups excluding tert-OH is 1. The molecule has 2 aliphatic rings. The average Bonchev–Trinajstić information content (AvgIpc) is 3.03. The van der Waals surface area contributed by atoms with Gasteiger partial charge in [-0.3, -0.25) is 4.79 Å². The van der Waals surface area contributed by atoms with Crippen LogP contribution in [0.15, 0.2) is 0 Å². The summed E-state index contributed by atoms with van der Waals surface area (Å²) < 4.78 is 4.96. The Balaban J connectivity index is 0.000000359. The second-order valence-corrected chi connectivity index (χ2v) is 4.36. The molecule has 0 bridgehead atoms. The van der Waals surface area contributed by atoms with Gasteiger partial charge in [0.1, 0.15) is 6.10 Å². The fraction of sp³-hybridized carbons (Fsp3) is 0.312. The summed E-state index contributed by atoms with van der Waals surface area (Å²) in [6, 6.07) is 0. The third-order valence-electron chi connectivity index (χ3n) is 2.67. The Morgan fingerprint density at radius 1 is 1.00 bits per heavy atom. The number of aliphatic hydroxyl groups is 1. The zero-order valence-corrected chi connectivity index (χ0v) is 13.0. The molecule has 0 unspecified atom stereocenters. The molecule has 0 saturated heterocycles. The van der Waals surface area contributed by atoms with Gasteiger partial charge in [0, 0.05) is 35.8 Å². The Hall–Kier alpha value is -0.0505. The van der Waals surface area contributed by atoms with E-state index in [1.54, 1.807) is 6.92 Å². The van der Waals surface area contributed by atoms with Crippen molar-refractivity contribution in [3.05, 3.63) is 63.2 Å². The molecule has 0 aromatic heterocycles. The molecule has 0 aliphatic heterocycles. The molecule has 2 fully saturated rings. The number of hydrogen-bond donors (Lipinski definition) is 1. The maximum absolute atomic E-state index is 10.5. The molecule has 1 N–H and O–H groups in total. The van der Waals surface area contributed by atoms with Gasteiger partial charge in [0.15, 0.2) is 0 Å². The van der Waals surface area contributed by atoms with E-state index in [2.05, 4.69) is 0 Å². The van der Waals surface area contributed by atoms with Gasteiger partial charge in [-0.05, 0) is 65.2 Å². The second kappa shape index (κ2) is 10.6. The normalized spacial score (nSPS) is 22.4. The third-order valence-corrected chi connectivity index (χ3v) is 2.67. The van der Waals surface area contributed by atoms with Gasteiger partial charge < -0.3 is 9.84 Å². The van der Waals surface area contributed by atoms with E-state index in [9.17, 15) is 4.79 Å². The van der Waals surface area contributed by atoms with Crippen molar-refractivity contribution in [1.29, 1.82) is 0 Å². The number of rotatable bonds is 3. The Morgan fingerprint density at radius 3 is 1.70 bits per heavy atom. The molecule has 2 aliphatic carbocycles. The first-order valence-corrected chi connectivity index (χ1v) is 6.29. The maximum atomic E-state index is 10.5. The van der Waals surface area contributed by atoms with Gasteiger partial charge in [-0.25, -0.2) is 0 Å². The van der Waals surface area contributed by atoms with Crippen LogP contribution in [0.2, 0.25) is 0 Å². The maximum Gasteiger partial charge on any atom is 0.302 e. The largest absolute Gasteiger partial charge is 0.462 e. The van der Waals surface area contributed by atoms with E-state index < -0.39 is 0 Å². The van der Waals surface area contributed by atoms with E-state index in [1.165, 1.54) is 6.92 Å². The standard InChI is InChI=1S/C9H11O2.C7H9O.Fe/c1-7(11-8(2)10)9-5-3-4-6-9;1-6(8)7-4-2-3-5-7;/h3-7H,1-2H3;2-6,8H,1H3;/t7-;6-;/m10./s1. The molecule has 0 heterocycles. The number of carbonyl (C=O) groups is 1. The molecular formula is C16H20FeO3. The van der Waals surface area contributed by atoms with Crippen LogP contribution in [0.4, 0.5) is 0 Å². The number of esters is 1. The minimum atomic E-state index is -0.315. The first-order chi connectivity index (χ1) is 9.00. The molecule has 4 heteroatoms. The minimum absolute atomic E-state index is 0. The SMILES string of the molecule is CC(=O)O[C@H](C)[C]1[CH][CH][CH][CH]1.C[C@H](O)[C]1[CH][CH][CH][CH]1.[Fe]. The average molecular weight is 316 g/mol. The molecule has 2 saturated carbocycles. The van der Waals surface area contributed by atoms with Crippen molar-refractivity contribution < 1.29 is 31.7 Å². The van der Waals surface area contributed by atoms with Crippen LogP contribution >= 0.6 is 0 Å².